The Bertz CT molecular complexity index is 417. The van der Waals surface area contributed by atoms with Gasteiger partial charge < -0.3 is 30.8 Å². The van der Waals surface area contributed by atoms with Crippen LogP contribution >= 0.6 is 0 Å². The molecule has 0 saturated carbocycles. The SMILES string of the molecule is NCc1nnc([C@H](CO)NC(=O)N2CCNCC2)o1. The Kier molecular flexibility index (Phi) is 4.66. The Morgan fingerprint density at radius 2 is 2.26 bits per heavy atom. The van der Waals surface area contributed by atoms with Crippen molar-refractivity contribution < 1.29 is 14.3 Å². The van der Waals surface area contributed by atoms with E-state index in [2.05, 4.69) is 20.8 Å². The molecule has 1 aromatic rings. The van der Waals surface area contributed by atoms with Crippen LogP contribution in [0.5, 0.6) is 0 Å². The predicted molar refractivity (Wildman–Crippen MR) is 65.0 cm³/mol. The standard InChI is InChI=1S/C10H18N6O3/c11-5-8-14-15-9(19-8)7(6-17)13-10(18)16-3-1-12-2-4-16/h7,12,17H,1-6,11H2,(H,13,18)/t7-/m0/s1. The highest BCUT2D eigenvalue weighted by molar-refractivity contribution is 5.74. The van der Waals surface area contributed by atoms with Gasteiger partial charge in [-0.15, -0.1) is 10.2 Å². The largest absolute Gasteiger partial charge is 0.422 e. The summed E-state index contributed by atoms with van der Waals surface area (Å²) in [5.74, 6) is 0.427. The van der Waals surface area contributed by atoms with Crippen molar-refractivity contribution in [1.29, 1.82) is 0 Å². The lowest BCUT2D eigenvalue weighted by Crippen LogP contribution is -2.51. The molecule has 1 fully saturated rings. The molecular formula is C10H18N6O3. The number of urea groups is 1. The van der Waals surface area contributed by atoms with E-state index in [4.69, 9.17) is 10.2 Å². The highest BCUT2D eigenvalue weighted by atomic mass is 16.4. The van der Waals surface area contributed by atoms with E-state index in [0.29, 0.717) is 13.1 Å². The monoisotopic (exact) mass is 270 g/mol. The first kappa shape index (κ1) is 13.7. The predicted octanol–water partition coefficient (Wildman–Crippen LogP) is -1.82. The lowest BCUT2D eigenvalue weighted by atomic mass is 10.3. The topological polar surface area (TPSA) is 130 Å². The van der Waals surface area contributed by atoms with Crippen molar-refractivity contribution in [2.24, 2.45) is 5.73 Å². The number of nitrogens with one attached hydrogen (secondary N) is 2. The van der Waals surface area contributed by atoms with E-state index in [-0.39, 0.29) is 31.0 Å². The summed E-state index contributed by atoms with van der Waals surface area (Å²) in [5, 5.41) is 22.6. The van der Waals surface area contributed by atoms with E-state index < -0.39 is 6.04 Å². The lowest BCUT2D eigenvalue weighted by molar-refractivity contribution is 0.169. The highest BCUT2D eigenvalue weighted by Gasteiger charge is 2.23. The molecule has 106 valence electrons. The molecule has 1 aliphatic rings. The van der Waals surface area contributed by atoms with E-state index in [1.54, 1.807) is 4.90 Å². The van der Waals surface area contributed by atoms with Crippen LogP contribution in [0.25, 0.3) is 0 Å². The molecule has 0 aliphatic carbocycles. The molecule has 5 N–H and O–H groups in total. The Balaban J connectivity index is 1.96. The van der Waals surface area contributed by atoms with Gasteiger partial charge in [-0.2, -0.15) is 0 Å². The summed E-state index contributed by atoms with van der Waals surface area (Å²) >= 11 is 0. The number of hydrogen-bond donors (Lipinski definition) is 4. The van der Waals surface area contributed by atoms with Crippen LogP contribution in [-0.4, -0.2) is 59.0 Å². The maximum absolute atomic E-state index is 12.0. The minimum Gasteiger partial charge on any atom is -0.422 e. The van der Waals surface area contributed by atoms with E-state index in [1.807, 2.05) is 0 Å². The number of carbonyl (C=O) groups is 1. The molecule has 0 bridgehead atoms. The number of aromatic nitrogens is 2. The first-order chi connectivity index (χ1) is 9.24. The Labute approximate surface area is 110 Å². The first-order valence-corrected chi connectivity index (χ1v) is 6.14. The zero-order valence-corrected chi connectivity index (χ0v) is 10.5. The molecule has 1 aliphatic heterocycles. The molecule has 0 radical (unpaired) electrons. The van der Waals surface area contributed by atoms with Crippen molar-refractivity contribution >= 4 is 6.03 Å². The fourth-order valence-electron chi connectivity index (χ4n) is 1.78. The zero-order valence-electron chi connectivity index (χ0n) is 10.5. The Morgan fingerprint density at radius 1 is 1.53 bits per heavy atom. The van der Waals surface area contributed by atoms with Crippen molar-refractivity contribution in [1.82, 2.24) is 25.7 Å². The summed E-state index contributed by atoms with van der Waals surface area (Å²) in [5.41, 5.74) is 5.36. The van der Waals surface area contributed by atoms with Gasteiger partial charge in [0.05, 0.1) is 13.2 Å². The van der Waals surface area contributed by atoms with Gasteiger partial charge in [-0.3, -0.25) is 0 Å². The Hall–Kier alpha value is -1.71. The maximum Gasteiger partial charge on any atom is 0.318 e. The van der Waals surface area contributed by atoms with Crippen LogP contribution in [0, 0.1) is 0 Å². The van der Waals surface area contributed by atoms with Crippen LogP contribution < -0.4 is 16.4 Å². The normalized spacial score (nSPS) is 17.3. The van der Waals surface area contributed by atoms with Gasteiger partial charge in [-0.1, -0.05) is 0 Å². The molecule has 9 nitrogen and oxygen atoms in total. The van der Waals surface area contributed by atoms with Crippen LogP contribution in [0.3, 0.4) is 0 Å². The van der Waals surface area contributed by atoms with Crippen LogP contribution in [0.4, 0.5) is 4.79 Å². The third-order valence-corrected chi connectivity index (χ3v) is 2.84. The molecule has 1 atom stereocenters. The molecule has 2 heterocycles. The van der Waals surface area contributed by atoms with E-state index in [0.717, 1.165) is 13.1 Å². The van der Waals surface area contributed by atoms with E-state index >= 15 is 0 Å². The molecule has 9 heteroatoms. The van der Waals surface area contributed by atoms with Gasteiger partial charge in [0, 0.05) is 26.2 Å². The van der Waals surface area contributed by atoms with Crippen LogP contribution in [-0.2, 0) is 6.54 Å². The summed E-state index contributed by atoms with van der Waals surface area (Å²) in [6.45, 7) is 2.58. The average Bonchev–Trinajstić information content (AvgIpc) is 2.94. The third kappa shape index (κ3) is 3.40. The van der Waals surface area contributed by atoms with Gasteiger partial charge in [-0.25, -0.2) is 4.79 Å². The molecule has 1 saturated heterocycles. The Morgan fingerprint density at radius 3 is 2.84 bits per heavy atom. The van der Waals surface area contributed by atoms with Gasteiger partial charge in [-0.05, 0) is 0 Å². The van der Waals surface area contributed by atoms with Crippen molar-refractivity contribution in [2.45, 2.75) is 12.6 Å². The zero-order chi connectivity index (χ0) is 13.7. The number of aliphatic hydroxyl groups is 1. The number of carbonyl (C=O) groups excluding carboxylic acids is 1. The molecule has 2 amide bonds. The van der Waals surface area contributed by atoms with Crippen LogP contribution in [0.1, 0.15) is 17.8 Å². The number of nitrogens with two attached hydrogens (primary N) is 1. The first-order valence-electron chi connectivity index (χ1n) is 6.14. The van der Waals surface area contributed by atoms with Gasteiger partial charge >= 0.3 is 6.03 Å². The van der Waals surface area contributed by atoms with Gasteiger partial charge in [0.25, 0.3) is 0 Å². The van der Waals surface area contributed by atoms with Gasteiger partial charge in [0.1, 0.15) is 6.04 Å². The second-order valence-corrected chi connectivity index (χ2v) is 4.16. The van der Waals surface area contributed by atoms with Gasteiger partial charge in [0.2, 0.25) is 11.8 Å². The van der Waals surface area contributed by atoms with Crippen LogP contribution in [0.2, 0.25) is 0 Å². The molecule has 0 aromatic carbocycles. The molecule has 0 spiro atoms. The van der Waals surface area contributed by atoms with Crippen molar-refractivity contribution in [2.75, 3.05) is 32.8 Å². The minimum absolute atomic E-state index is 0.122. The van der Waals surface area contributed by atoms with E-state index in [1.165, 1.54) is 0 Å². The smallest absolute Gasteiger partial charge is 0.318 e. The summed E-state index contributed by atoms with van der Waals surface area (Å²) in [6.07, 6.45) is 0. The summed E-state index contributed by atoms with van der Waals surface area (Å²) in [4.78, 5) is 13.6. The summed E-state index contributed by atoms with van der Waals surface area (Å²) in [7, 11) is 0. The summed E-state index contributed by atoms with van der Waals surface area (Å²) in [6, 6.07) is -0.969. The number of nitrogens with zero attached hydrogens (tertiary/aromatic N) is 3. The fraction of sp³-hybridized carbons (Fsp3) is 0.700. The van der Waals surface area contributed by atoms with Gasteiger partial charge in [0.15, 0.2) is 0 Å². The minimum atomic E-state index is -0.713. The number of piperazine rings is 1. The number of rotatable bonds is 4. The average molecular weight is 270 g/mol. The number of amides is 2. The second-order valence-electron chi connectivity index (χ2n) is 4.16. The highest BCUT2D eigenvalue weighted by Crippen LogP contribution is 2.11. The molecule has 19 heavy (non-hydrogen) atoms. The lowest BCUT2D eigenvalue weighted by Gasteiger charge is -2.28. The molecule has 1 aromatic heterocycles. The van der Waals surface area contributed by atoms with Crippen molar-refractivity contribution in [3.8, 4) is 0 Å². The number of aliphatic hydroxyl groups excluding tert-OH is 1. The number of hydrogen-bond acceptors (Lipinski definition) is 7. The quantitative estimate of drug-likeness (QED) is 0.506. The molecular weight excluding hydrogens is 252 g/mol. The maximum atomic E-state index is 12.0. The van der Waals surface area contributed by atoms with Crippen molar-refractivity contribution in [3.05, 3.63) is 11.8 Å². The van der Waals surface area contributed by atoms with Crippen molar-refractivity contribution in [3.63, 3.8) is 0 Å². The van der Waals surface area contributed by atoms with Crippen LogP contribution in [0.15, 0.2) is 4.42 Å². The fourth-order valence-corrected chi connectivity index (χ4v) is 1.78. The molecule has 2 rings (SSSR count). The second kappa shape index (κ2) is 6.45. The summed E-state index contributed by atoms with van der Waals surface area (Å²) < 4.78 is 5.22. The third-order valence-electron chi connectivity index (χ3n) is 2.84. The van der Waals surface area contributed by atoms with E-state index in [9.17, 15) is 9.90 Å². The molecule has 0 unspecified atom stereocenters.